The van der Waals surface area contributed by atoms with Crippen molar-refractivity contribution in [2.75, 3.05) is 11.9 Å². The number of amides is 2. The molecule has 0 spiro atoms. The summed E-state index contributed by atoms with van der Waals surface area (Å²) in [4.78, 5) is 24.2. The summed E-state index contributed by atoms with van der Waals surface area (Å²) >= 11 is 9.24. The van der Waals surface area contributed by atoms with Gasteiger partial charge in [0.15, 0.2) is 6.61 Å². The van der Waals surface area contributed by atoms with Gasteiger partial charge in [0.25, 0.3) is 11.8 Å². The molecule has 0 heterocycles. The third kappa shape index (κ3) is 6.67. The quantitative estimate of drug-likeness (QED) is 0.323. The highest BCUT2D eigenvalue weighted by atomic mass is 79.9. The first-order valence-electron chi connectivity index (χ1n) is 9.70. The SMILES string of the molecule is Cc1ccc(NC(=O)COc2ccc(/C=N/NC(=O)c3ccc(Cl)cc3)cc2Br)cc1C. The van der Waals surface area contributed by atoms with E-state index in [0.717, 1.165) is 22.4 Å². The van der Waals surface area contributed by atoms with Gasteiger partial charge in [0.05, 0.1) is 10.7 Å². The summed E-state index contributed by atoms with van der Waals surface area (Å²) < 4.78 is 6.26. The van der Waals surface area contributed by atoms with Gasteiger partial charge in [-0.1, -0.05) is 17.7 Å². The lowest BCUT2D eigenvalue weighted by molar-refractivity contribution is -0.118. The number of nitrogens with one attached hydrogen (secondary N) is 2. The molecule has 3 rings (SSSR count). The number of hydrogen-bond acceptors (Lipinski definition) is 4. The molecule has 0 fully saturated rings. The molecule has 0 saturated heterocycles. The second-order valence-electron chi connectivity index (χ2n) is 7.03. The van der Waals surface area contributed by atoms with E-state index in [1.165, 1.54) is 6.21 Å². The number of halogens is 2. The van der Waals surface area contributed by atoms with Crippen molar-refractivity contribution in [2.45, 2.75) is 13.8 Å². The van der Waals surface area contributed by atoms with Crippen molar-refractivity contribution < 1.29 is 14.3 Å². The van der Waals surface area contributed by atoms with E-state index in [4.69, 9.17) is 16.3 Å². The van der Waals surface area contributed by atoms with Crippen LogP contribution in [-0.2, 0) is 4.79 Å². The number of anilines is 1. The zero-order valence-electron chi connectivity index (χ0n) is 17.5. The molecular formula is C24H21BrClN3O3. The minimum Gasteiger partial charge on any atom is -0.483 e. The number of ether oxygens (including phenoxy) is 1. The molecule has 3 aromatic rings. The number of carbonyl (C=O) groups is 2. The van der Waals surface area contributed by atoms with E-state index >= 15 is 0 Å². The second-order valence-corrected chi connectivity index (χ2v) is 8.32. The van der Waals surface area contributed by atoms with E-state index in [1.807, 2.05) is 32.0 Å². The summed E-state index contributed by atoms with van der Waals surface area (Å²) in [6.07, 6.45) is 1.51. The highest BCUT2D eigenvalue weighted by molar-refractivity contribution is 9.10. The Labute approximate surface area is 199 Å². The van der Waals surface area contributed by atoms with Crippen LogP contribution in [0.3, 0.4) is 0 Å². The first-order chi connectivity index (χ1) is 15.3. The lowest BCUT2D eigenvalue weighted by atomic mass is 10.1. The molecule has 8 heteroatoms. The van der Waals surface area contributed by atoms with Gasteiger partial charge >= 0.3 is 0 Å². The van der Waals surface area contributed by atoms with Crippen LogP contribution in [0.15, 0.2) is 70.2 Å². The largest absolute Gasteiger partial charge is 0.483 e. The zero-order valence-corrected chi connectivity index (χ0v) is 19.8. The molecule has 6 nitrogen and oxygen atoms in total. The summed E-state index contributed by atoms with van der Waals surface area (Å²) in [5.74, 6) is -0.0787. The summed E-state index contributed by atoms with van der Waals surface area (Å²) in [7, 11) is 0. The van der Waals surface area contributed by atoms with Crippen molar-refractivity contribution in [3.63, 3.8) is 0 Å². The summed E-state index contributed by atoms with van der Waals surface area (Å²) in [6, 6.07) is 17.5. The van der Waals surface area contributed by atoms with Crippen molar-refractivity contribution in [3.05, 3.63) is 92.4 Å². The molecule has 0 radical (unpaired) electrons. The maximum Gasteiger partial charge on any atom is 0.271 e. The molecule has 2 amide bonds. The van der Waals surface area contributed by atoms with Gasteiger partial charge in [-0.2, -0.15) is 5.10 Å². The Kier molecular flexibility index (Phi) is 8.03. The Balaban J connectivity index is 1.52. The van der Waals surface area contributed by atoms with E-state index in [0.29, 0.717) is 20.8 Å². The molecule has 0 saturated carbocycles. The van der Waals surface area contributed by atoms with E-state index in [9.17, 15) is 9.59 Å². The monoisotopic (exact) mass is 513 g/mol. The fraction of sp³-hybridized carbons (Fsp3) is 0.125. The molecule has 32 heavy (non-hydrogen) atoms. The highest BCUT2D eigenvalue weighted by Crippen LogP contribution is 2.25. The Morgan fingerprint density at radius 3 is 2.47 bits per heavy atom. The van der Waals surface area contributed by atoms with Crippen LogP contribution in [0.25, 0.3) is 0 Å². The average Bonchev–Trinajstić information content (AvgIpc) is 2.76. The van der Waals surface area contributed by atoms with Crippen molar-refractivity contribution in [2.24, 2.45) is 5.10 Å². The van der Waals surface area contributed by atoms with E-state index in [2.05, 4.69) is 31.8 Å². The average molecular weight is 515 g/mol. The van der Waals surface area contributed by atoms with Crippen LogP contribution < -0.4 is 15.5 Å². The molecule has 0 atom stereocenters. The van der Waals surface area contributed by atoms with Crippen molar-refractivity contribution in [1.29, 1.82) is 0 Å². The Hall–Kier alpha value is -3.16. The van der Waals surface area contributed by atoms with E-state index < -0.39 is 0 Å². The van der Waals surface area contributed by atoms with Gasteiger partial charge in [0, 0.05) is 16.3 Å². The van der Waals surface area contributed by atoms with Crippen molar-refractivity contribution in [1.82, 2.24) is 5.43 Å². The van der Waals surface area contributed by atoms with Crippen LogP contribution in [0.4, 0.5) is 5.69 Å². The number of hydrazone groups is 1. The van der Waals surface area contributed by atoms with Crippen LogP contribution >= 0.6 is 27.5 Å². The van der Waals surface area contributed by atoms with Crippen LogP contribution in [0.5, 0.6) is 5.75 Å². The van der Waals surface area contributed by atoms with Gasteiger partial charge in [-0.25, -0.2) is 5.43 Å². The Bertz CT molecular complexity index is 1160. The third-order valence-electron chi connectivity index (χ3n) is 4.59. The van der Waals surface area contributed by atoms with Crippen LogP contribution in [0.2, 0.25) is 5.02 Å². The van der Waals surface area contributed by atoms with Gasteiger partial charge in [0.1, 0.15) is 5.75 Å². The van der Waals surface area contributed by atoms with Gasteiger partial charge in [-0.15, -0.1) is 0 Å². The number of aryl methyl sites for hydroxylation is 2. The number of nitrogens with zero attached hydrogens (tertiary/aromatic N) is 1. The molecule has 164 valence electrons. The molecule has 0 bridgehead atoms. The predicted molar refractivity (Wildman–Crippen MR) is 131 cm³/mol. The van der Waals surface area contributed by atoms with E-state index in [1.54, 1.807) is 42.5 Å². The normalized spacial score (nSPS) is 10.8. The molecule has 0 unspecified atom stereocenters. The van der Waals surface area contributed by atoms with Gasteiger partial charge in [-0.3, -0.25) is 9.59 Å². The van der Waals surface area contributed by atoms with Crippen LogP contribution in [-0.4, -0.2) is 24.6 Å². The fourth-order valence-corrected chi connectivity index (χ4v) is 3.34. The number of hydrogen-bond donors (Lipinski definition) is 2. The standard InChI is InChI=1S/C24H21BrClN3O3/c1-15-3-9-20(11-16(15)2)28-23(30)14-32-22-10-4-17(12-21(22)25)13-27-29-24(31)18-5-7-19(26)8-6-18/h3-13H,14H2,1-2H3,(H,28,30)(H,29,31)/b27-13+. The Morgan fingerprint density at radius 1 is 1.03 bits per heavy atom. The number of benzene rings is 3. The molecule has 2 N–H and O–H groups in total. The molecule has 0 aliphatic heterocycles. The van der Waals surface area contributed by atoms with Crippen LogP contribution in [0.1, 0.15) is 27.0 Å². The molecule has 0 aliphatic rings. The third-order valence-corrected chi connectivity index (χ3v) is 5.46. The van der Waals surface area contributed by atoms with Gasteiger partial charge < -0.3 is 10.1 Å². The smallest absolute Gasteiger partial charge is 0.271 e. The van der Waals surface area contributed by atoms with Gasteiger partial charge in [-0.05, 0) is 101 Å². The first-order valence-corrected chi connectivity index (χ1v) is 10.9. The first kappa shape index (κ1) is 23.5. The highest BCUT2D eigenvalue weighted by Gasteiger charge is 2.08. The fourth-order valence-electron chi connectivity index (χ4n) is 2.71. The van der Waals surface area contributed by atoms with Crippen LogP contribution in [0, 0.1) is 13.8 Å². The lowest BCUT2D eigenvalue weighted by Gasteiger charge is -2.10. The number of carbonyl (C=O) groups excluding carboxylic acids is 2. The summed E-state index contributed by atoms with van der Waals surface area (Å²) in [5, 5.41) is 7.34. The van der Waals surface area contributed by atoms with Gasteiger partial charge in [0.2, 0.25) is 0 Å². The Morgan fingerprint density at radius 2 is 1.78 bits per heavy atom. The lowest BCUT2D eigenvalue weighted by Crippen LogP contribution is -2.20. The number of rotatable bonds is 7. The minimum absolute atomic E-state index is 0.129. The topological polar surface area (TPSA) is 79.8 Å². The second kappa shape index (κ2) is 10.9. The minimum atomic E-state index is -0.341. The molecule has 3 aromatic carbocycles. The van der Waals surface area contributed by atoms with Crippen molar-refractivity contribution >= 4 is 51.2 Å². The maximum absolute atomic E-state index is 12.2. The summed E-state index contributed by atoms with van der Waals surface area (Å²) in [6.45, 7) is 3.88. The van der Waals surface area contributed by atoms with Crippen molar-refractivity contribution in [3.8, 4) is 5.75 Å². The molecule has 0 aromatic heterocycles. The maximum atomic E-state index is 12.2. The van der Waals surface area contributed by atoms with E-state index in [-0.39, 0.29) is 18.4 Å². The zero-order chi connectivity index (χ0) is 23.1. The predicted octanol–water partition coefficient (Wildman–Crippen LogP) is 5.50. The summed E-state index contributed by atoms with van der Waals surface area (Å²) in [5.41, 5.74) is 6.65. The molecular weight excluding hydrogens is 494 g/mol. The molecule has 0 aliphatic carbocycles.